The Morgan fingerprint density at radius 3 is 2.68 bits per heavy atom. The molecule has 0 fully saturated rings. The van der Waals surface area contributed by atoms with Crippen molar-refractivity contribution in [2.75, 3.05) is 20.3 Å². The number of benzene rings is 2. The summed E-state index contributed by atoms with van der Waals surface area (Å²) < 4.78 is 25.6. The van der Waals surface area contributed by atoms with Gasteiger partial charge in [0.2, 0.25) is 11.8 Å². The number of carbonyl (C=O) groups is 2. The van der Waals surface area contributed by atoms with E-state index in [9.17, 15) is 14.0 Å². The number of halogens is 1. The highest BCUT2D eigenvalue weighted by molar-refractivity contribution is 5.89. The summed E-state index contributed by atoms with van der Waals surface area (Å²) in [4.78, 5) is 28.2. The molecule has 2 aromatic heterocycles. The number of para-hydroxylation sites is 1. The van der Waals surface area contributed by atoms with Crippen LogP contribution >= 0.6 is 0 Å². The van der Waals surface area contributed by atoms with Crippen LogP contribution in [0, 0.1) is 5.82 Å². The minimum absolute atomic E-state index is 0.132. The van der Waals surface area contributed by atoms with Gasteiger partial charge in [-0.1, -0.05) is 29.5 Å². The minimum atomic E-state index is -1.02. The number of rotatable bonds is 10. The van der Waals surface area contributed by atoms with Gasteiger partial charge < -0.3 is 19.4 Å². The molecule has 176 valence electrons. The zero-order valence-electron chi connectivity index (χ0n) is 18.6. The number of aromatic nitrogens is 3. The predicted molar refractivity (Wildman–Crippen MR) is 121 cm³/mol. The molecule has 34 heavy (non-hydrogen) atoms. The summed E-state index contributed by atoms with van der Waals surface area (Å²) in [7, 11) is 1.51. The van der Waals surface area contributed by atoms with Gasteiger partial charge in [0.05, 0.1) is 24.9 Å². The molecule has 2 aromatic carbocycles. The number of nitrogens with one attached hydrogen (secondary N) is 1. The lowest BCUT2D eigenvalue weighted by Crippen LogP contribution is -2.46. The monoisotopic (exact) mass is 465 g/mol. The van der Waals surface area contributed by atoms with Crippen LogP contribution in [0.25, 0.3) is 11.0 Å². The molecule has 9 nitrogen and oxygen atoms in total. The maximum Gasteiger partial charge on any atom is 0.247 e. The molecular weight excluding hydrogens is 441 g/mol. The van der Waals surface area contributed by atoms with Gasteiger partial charge in [0.1, 0.15) is 29.7 Å². The predicted octanol–water partition coefficient (Wildman–Crippen LogP) is 2.70. The van der Waals surface area contributed by atoms with Crippen molar-refractivity contribution < 1.29 is 23.1 Å². The van der Waals surface area contributed by atoms with E-state index < -0.39 is 17.8 Å². The fourth-order valence-corrected chi connectivity index (χ4v) is 3.64. The summed E-state index contributed by atoms with van der Waals surface area (Å²) in [5.74, 6) is -0.677. The van der Waals surface area contributed by atoms with Crippen molar-refractivity contribution in [1.82, 2.24) is 25.2 Å². The third kappa shape index (κ3) is 5.29. The Balaban J connectivity index is 1.63. The van der Waals surface area contributed by atoms with Crippen LogP contribution in [-0.2, 0) is 27.4 Å². The quantitative estimate of drug-likeness (QED) is 0.386. The van der Waals surface area contributed by atoms with E-state index in [1.165, 1.54) is 47.2 Å². The number of amides is 2. The van der Waals surface area contributed by atoms with E-state index in [2.05, 4.69) is 15.6 Å². The maximum absolute atomic E-state index is 13.6. The standard InChI is InChI=1S/C24H24FN5O4/c1-33-14-12-29(22(31)16-30-21-7-3-2-6-20(21)27-28-30)23(17-8-10-18(25)11-9-17)24(32)26-15-19-5-4-13-34-19/h2-11,13,23H,12,14-16H2,1H3,(H,26,32). The molecule has 10 heteroatoms. The Hall–Kier alpha value is -4.05. The minimum Gasteiger partial charge on any atom is -0.467 e. The van der Waals surface area contributed by atoms with Gasteiger partial charge in [-0.15, -0.1) is 5.10 Å². The number of nitrogens with zero attached hydrogens (tertiary/aromatic N) is 4. The van der Waals surface area contributed by atoms with Crippen LogP contribution in [0.1, 0.15) is 17.4 Å². The highest BCUT2D eigenvalue weighted by Crippen LogP contribution is 2.23. The molecule has 1 atom stereocenters. The summed E-state index contributed by atoms with van der Waals surface area (Å²) in [5, 5.41) is 11.0. The van der Waals surface area contributed by atoms with Gasteiger partial charge in [-0.25, -0.2) is 9.07 Å². The van der Waals surface area contributed by atoms with E-state index in [4.69, 9.17) is 9.15 Å². The third-order valence-electron chi connectivity index (χ3n) is 5.32. The van der Waals surface area contributed by atoms with Crippen molar-refractivity contribution in [3.05, 3.63) is 84.1 Å². The van der Waals surface area contributed by atoms with E-state index in [1.807, 2.05) is 18.2 Å². The number of ether oxygens (including phenoxy) is 1. The lowest BCUT2D eigenvalue weighted by Gasteiger charge is -2.31. The molecule has 4 aromatic rings. The first-order valence-corrected chi connectivity index (χ1v) is 10.7. The van der Waals surface area contributed by atoms with Crippen LogP contribution in [0.3, 0.4) is 0 Å². The average Bonchev–Trinajstić information content (AvgIpc) is 3.51. The highest BCUT2D eigenvalue weighted by Gasteiger charge is 2.32. The van der Waals surface area contributed by atoms with Gasteiger partial charge in [-0.05, 0) is 42.0 Å². The number of carbonyl (C=O) groups excluding carboxylic acids is 2. The van der Waals surface area contributed by atoms with Gasteiger partial charge in [0, 0.05) is 13.7 Å². The number of fused-ring (bicyclic) bond motifs is 1. The van der Waals surface area contributed by atoms with E-state index in [0.717, 1.165) is 0 Å². The molecule has 0 bridgehead atoms. The normalized spacial score (nSPS) is 11.9. The van der Waals surface area contributed by atoms with Gasteiger partial charge in [-0.3, -0.25) is 9.59 Å². The number of hydrogen-bond acceptors (Lipinski definition) is 6. The van der Waals surface area contributed by atoms with E-state index in [1.54, 1.807) is 18.2 Å². The Bertz CT molecular complexity index is 1240. The summed E-state index contributed by atoms with van der Waals surface area (Å²) in [5.41, 5.74) is 1.82. The molecule has 0 saturated carbocycles. The molecular formula is C24H24FN5O4. The molecule has 0 radical (unpaired) electrons. The number of hydrogen-bond donors (Lipinski definition) is 1. The zero-order chi connectivity index (χ0) is 23.9. The lowest BCUT2D eigenvalue weighted by molar-refractivity contribution is -0.142. The van der Waals surface area contributed by atoms with Gasteiger partial charge in [0.15, 0.2) is 0 Å². The lowest BCUT2D eigenvalue weighted by atomic mass is 10.0. The highest BCUT2D eigenvalue weighted by atomic mass is 19.1. The summed E-state index contributed by atoms with van der Waals surface area (Å²) >= 11 is 0. The average molecular weight is 465 g/mol. The van der Waals surface area contributed by atoms with Crippen molar-refractivity contribution in [3.8, 4) is 0 Å². The molecule has 2 amide bonds. The summed E-state index contributed by atoms with van der Waals surface area (Å²) in [6, 6.07) is 15.2. The molecule has 0 aliphatic rings. The molecule has 2 heterocycles. The SMILES string of the molecule is COCCN(C(=O)Cn1nnc2ccccc21)C(C(=O)NCc1ccco1)c1ccc(F)cc1. The first-order chi connectivity index (χ1) is 16.6. The number of furan rings is 1. The smallest absolute Gasteiger partial charge is 0.247 e. The molecule has 0 spiro atoms. The Kier molecular flexibility index (Phi) is 7.28. The first kappa shape index (κ1) is 23.1. The second-order valence-corrected chi connectivity index (χ2v) is 7.57. The number of methoxy groups -OCH3 is 1. The topological polar surface area (TPSA) is 102 Å². The van der Waals surface area contributed by atoms with Crippen LogP contribution in [0.4, 0.5) is 4.39 Å². The van der Waals surface area contributed by atoms with Gasteiger partial charge in [0.25, 0.3) is 0 Å². The second-order valence-electron chi connectivity index (χ2n) is 7.57. The van der Waals surface area contributed by atoms with Crippen LogP contribution in [-0.4, -0.2) is 52.0 Å². The zero-order valence-corrected chi connectivity index (χ0v) is 18.6. The van der Waals surface area contributed by atoms with Crippen LogP contribution in [0.2, 0.25) is 0 Å². The van der Waals surface area contributed by atoms with Gasteiger partial charge in [-0.2, -0.15) is 0 Å². The van der Waals surface area contributed by atoms with E-state index in [-0.39, 0.29) is 32.1 Å². The van der Waals surface area contributed by atoms with Crippen LogP contribution in [0.5, 0.6) is 0 Å². The maximum atomic E-state index is 13.6. The summed E-state index contributed by atoms with van der Waals surface area (Å²) in [6.07, 6.45) is 1.51. The van der Waals surface area contributed by atoms with Crippen molar-refractivity contribution in [2.24, 2.45) is 0 Å². The molecule has 0 aliphatic heterocycles. The molecule has 4 rings (SSSR count). The molecule has 0 saturated heterocycles. The molecule has 0 aliphatic carbocycles. The van der Waals surface area contributed by atoms with Crippen molar-refractivity contribution in [1.29, 1.82) is 0 Å². The fourth-order valence-electron chi connectivity index (χ4n) is 3.64. The Morgan fingerprint density at radius 1 is 1.15 bits per heavy atom. The van der Waals surface area contributed by atoms with Crippen molar-refractivity contribution in [2.45, 2.75) is 19.1 Å². The van der Waals surface area contributed by atoms with E-state index >= 15 is 0 Å². The van der Waals surface area contributed by atoms with Crippen LogP contribution in [0.15, 0.2) is 71.3 Å². The molecule has 1 unspecified atom stereocenters. The third-order valence-corrected chi connectivity index (χ3v) is 5.32. The fraction of sp³-hybridized carbons (Fsp3) is 0.250. The molecule has 1 N–H and O–H groups in total. The Morgan fingerprint density at radius 2 is 1.94 bits per heavy atom. The summed E-state index contributed by atoms with van der Waals surface area (Å²) in [6.45, 7) is 0.349. The largest absolute Gasteiger partial charge is 0.467 e. The second kappa shape index (κ2) is 10.7. The Labute approximate surface area is 195 Å². The van der Waals surface area contributed by atoms with Crippen molar-refractivity contribution in [3.63, 3.8) is 0 Å². The van der Waals surface area contributed by atoms with Crippen LogP contribution < -0.4 is 5.32 Å². The van der Waals surface area contributed by atoms with E-state index in [0.29, 0.717) is 22.4 Å². The van der Waals surface area contributed by atoms with Crippen molar-refractivity contribution >= 4 is 22.8 Å². The van der Waals surface area contributed by atoms with Gasteiger partial charge >= 0.3 is 0 Å². The first-order valence-electron chi connectivity index (χ1n) is 10.7.